The van der Waals surface area contributed by atoms with E-state index in [1.54, 1.807) is 0 Å². The van der Waals surface area contributed by atoms with Gasteiger partial charge in [-0.05, 0) is 0 Å². The molecule has 1 N–H and O–H groups in total. The summed E-state index contributed by atoms with van der Waals surface area (Å²) in [6, 6.07) is 0. The van der Waals surface area contributed by atoms with Gasteiger partial charge in [0.25, 0.3) is 5.56 Å². The maximum absolute atomic E-state index is 12.5. The molecule has 128 valence electrons. The molecule has 10 heteroatoms. The Hall–Kier alpha value is -1.48. The molecular weight excluding hydrogens is 327 g/mol. The van der Waals surface area contributed by atoms with Gasteiger partial charge in [-0.25, -0.2) is 18.0 Å². The number of hydrogen-bond acceptors (Lipinski definition) is 4. The highest BCUT2D eigenvalue weighted by Crippen LogP contribution is 2.06. The lowest BCUT2D eigenvalue weighted by Gasteiger charge is -2.23. The average molecular weight is 346 g/mol. The molecule has 0 aliphatic heterocycles. The number of aliphatic hydroxyl groups is 1. The van der Waals surface area contributed by atoms with Crippen LogP contribution in [0, 0.1) is 0 Å². The number of aryl methyl sites for hydroxylation is 1. The molecule has 0 atom stereocenters. The highest BCUT2D eigenvalue weighted by Gasteiger charge is 2.16. The summed E-state index contributed by atoms with van der Waals surface area (Å²) >= 11 is 0. The minimum absolute atomic E-state index is 0. The van der Waals surface area contributed by atoms with Gasteiger partial charge in [0.15, 0.2) is 0 Å². The minimum atomic E-state index is -0.933. The summed E-state index contributed by atoms with van der Waals surface area (Å²) in [6.45, 7) is -3.81. The van der Waals surface area contributed by atoms with E-state index in [4.69, 9.17) is 5.11 Å². The van der Waals surface area contributed by atoms with Crippen LogP contribution in [0.15, 0.2) is 15.8 Å². The molecule has 1 aromatic rings. The van der Waals surface area contributed by atoms with Crippen molar-refractivity contribution in [2.75, 3.05) is 44.6 Å². The predicted octanol–water partition coefficient (Wildman–Crippen LogP) is 0.139. The first kappa shape index (κ1) is 20.5. The Bertz CT molecular complexity index is 559. The van der Waals surface area contributed by atoms with Crippen molar-refractivity contribution in [3.63, 3.8) is 0 Å². The Kier molecular flexibility index (Phi) is 9.59. The summed E-state index contributed by atoms with van der Waals surface area (Å²) in [7, 11) is 0. The van der Waals surface area contributed by atoms with E-state index in [2.05, 4.69) is 0 Å². The van der Waals surface area contributed by atoms with E-state index in [0.29, 0.717) is 4.57 Å². The zero-order valence-electron chi connectivity index (χ0n) is 11.9. The van der Waals surface area contributed by atoms with Crippen LogP contribution >= 0.6 is 12.4 Å². The second-order valence-electron chi connectivity index (χ2n) is 4.22. The van der Waals surface area contributed by atoms with Crippen LogP contribution < -0.4 is 16.1 Å². The molecule has 0 aromatic carbocycles. The van der Waals surface area contributed by atoms with Crippen molar-refractivity contribution < 1.29 is 18.3 Å². The Morgan fingerprint density at radius 3 is 2.18 bits per heavy atom. The van der Waals surface area contributed by atoms with Crippen molar-refractivity contribution in [3.8, 4) is 0 Å². The Morgan fingerprint density at radius 2 is 1.68 bits per heavy atom. The molecule has 1 aromatic heterocycles. The fourth-order valence-electron chi connectivity index (χ4n) is 1.96. The van der Waals surface area contributed by atoms with Gasteiger partial charge in [0, 0.05) is 19.3 Å². The molecule has 0 bridgehead atoms. The quantitative estimate of drug-likeness (QED) is 0.691. The standard InChI is InChI=1S/C12H18F3N3O3.ClH/c13-1-4-16(7-8-19)10-9-17(5-2-14)12(21)18(6-3-15)11(10)20;/h9,19H,1-8H2;1H. The smallest absolute Gasteiger partial charge is 0.331 e. The SMILES string of the molecule is Cl.O=c1c(N(CCO)CCF)cn(CCF)c(=O)n1CCF. The monoisotopic (exact) mass is 345 g/mol. The number of aromatic nitrogens is 2. The topological polar surface area (TPSA) is 67.5 Å². The molecule has 22 heavy (non-hydrogen) atoms. The largest absolute Gasteiger partial charge is 0.395 e. The number of aliphatic hydroxyl groups excluding tert-OH is 1. The number of alkyl halides is 3. The fraction of sp³-hybridized carbons (Fsp3) is 0.667. The van der Waals surface area contributed by atoms with E-state index in [-0.39, 0.29) is 44.3 Å². The van der Waals surface area contributed by atoms with Gasteiger partial charge in [-0.2, -0.15) is 0 Å². The number of nitrogens with zero attached hydrogens (tertiary/aromatic N) is 3. The van der Waals surface area contributed by atoms with Gasteiger partial charge in [-0.1, -0.05) is 0 Å². The van der Waals surface area contributed by atoms with E-state index in [1.807, 2.05) is 0 Å². The lowest BCUT2D eigenvalue weighted by atomic mass is 10.3. The first-order chi connectivity index (χ1) is 10.1. The van der Waals surface area contributed by atoms with Crippen LogP contribution in [0.1, 0.15) is 0 Å². The lowest BCUT2D eigenvalue weighted by Crippen LogP contribution is -2.44. The first-order valence-electron chi connectivity index (χ1n) is 6.48. The Balaban J connectivity index is 0.00000441. The summed E-state index contributed by atoms with van der Waals surface area (Å²) < 4.78 is 39.1. The van der Waals surface area contributed by atoms with Crippen LogP contribution in [0.4, 0.5) is 18.9 Å². The normalized spacial score (nSPS) is 10.4. The average Bonchev–Trinajstić information content (AvgIpc) is 2.46. The van der Waals surface area contributed by atoms with Gasteiger partial charge in [0.2, 0.25) is 0 Å². The van der Waals surface area contributed by atoms with Crippen molar-refractivity contribution >= 4 is 18.1 Å². The van der Waals surface area contributed by atoms with Gasteiger partial charge >= 0.3 is 5.69 Å². The lowest BCUT2D eigenvalue weighted by molar-refractivity contribution is 0.299. The molecule has 6 nitrogen and oxygen atoms in total. The number of halogens is 4. The molecule has 0 aliphatic rings. The zero-order valence-corrected chi connectivity index (χ0v) is 12.7. The molecule has 0 amide bonds. The van der Waals surface area contributed by atoms with Crippen molar-refractivity contribution in [1.29, 1.82) is 0 Å². The molecule has 0 radical (unpaired) electrons. The molecule has 0 aliphatic carbocycles. The highest BCUT2D eigenvalue weighted by molar-refractivity contribution is 5.85. The van der Waals surface area contributed by atoms with E-state index in [0.717, 1.165) is 10.8 Å². The maximum atomic E-state index is 12.5. The Morgan fingerprint density at radius 1 is 1.05 bits per heavy atom. The third-order valence-electron chi connectivity index (χ3n) is 2.92. The molecular formula is C12H19ClF3N3O3. The molecule has 0 fully saturated rings. The number of anilines is 1. The first-order valence-corrected chi connectivity index (χ1v) is 6.48. The van der Waals surface area contributed by atoms with Gasteiger partial charge < -0.3 is 10.0 Å². The van der Waals surface area contributed by atoms with E-state index < -0.39 is 37.8 Å². The van der Waals surface area contributed by atoms with Crippen molar-refractivity contribution in [2.24, 2.45) is 0 Å². The van der Waals surface area contributed by atoms with Crippen LogP contribution in [0.3, 0.4) is 0 Å². The summed E-state index contributed by atoms with van der Waals surface area (Å²) in [5.41, 5.74) is -1.67. The summed E-state index contributed by atoms with van der Waals surface area (Å²) in [5.74, 6) is 0. The van der Waals surface area contributed by atoms with Gasteiger partial charge in [0.1, 0.15) is 25.7 Å². The molecule has 0 saturated carbocycles. The van der Waals surface area contributed by atoms with E-state index in [9.17, 15) is 22.8 Å². The van der Waals surface area contributed by atoms with Crippen LogP contribution in [-0.2, 0) is 13.1 Å². The summed E-state index contributed by atoms with van der Waals surface area (Å²) in [6.07, 6.45) is 1.12. The van der Waals surface area contributed by atoms with Gasteiger partial charge in [0.05, 0.1) is 19.7 Å². The van der Waals surface area contributed by atoms with Crippen LogP contribution in [0.2, 0.25) is 0 Å². The van der Waals surface area contributed by atoms with Crippen LogP contribution in [0.25, 0.3) is 0 Å². The molecule has 0 spiro atoms. The Labute approximate surface area is 131 Å². The number of rotatable bonds is 9. The van der Waals surface area contributed by atoms with Crippen LogP contribution in [0.5, 0.6) is 0 Å². The minimum Gasteiger partial charge on any atom is -0.395 e. The van der Waals surface area contributed by atoms with E-state index >= 15 is 0 Å². The molecule has 1 heterocycles. The van der Waals surface area contributed by atoms with Crippen molar-refractivity contribution in [2.45, 2.75) is 13.1 Å². The van der Waals surface area contributed by atoms with E-state index in [1.165, 1.54) is 4.90 Å². The molecule has 1 rings (SSSR count). The summed E-state index contributed by atoms with van der Waals surface area (Å²) in [5, 5.41) is 8.95. The van der Waals surface area contributed by atoms with Crippen molar-refractivity contribution in [3.05, 3.63) is 27.0 Å². The van der Waals surface area contributed by atoms with Gasteiger partial charge in [-0.15, -0.1) is 12.4 Å². The third kappa shape index (κ3) is 4.77. The maximum Gasteiger partial charge on any atom is 0.331 e. The molecule has 0 saturated heterocycles. The van der Waals surface area contributed by atoms with Crippen molar-refractivity contribution in [1.82, 2.24) is 9.13 Å². The highest BCUT2D eigenvalue weighted by atomic mass is 35.5. The third-order valence-corrected chi connectivity index (χ3v) is 2.92. The fourth-order valence-corrected chi connectivity index (χ4v) is 1.96. The predicted molar refractivity (Wildman–Crippen MR) is 79.4 cm³/mol. The van der Waals surface area contributed by atoms with Crippen LogP contribution in [-0.4, -0.2) is 54.0 Å². The van der Waals surface area contributed by atoms with Gasteiger partial charge in [-0.3, -0.25) is 13.9 Å². The molecule has 0 unspecified atom stereocenters. The zero-order chi connectivity index (χ0) is 15.8. The second-order valence-corrected chi connectivity index (χ2v) is 4.22. The second kappa shape index (κ2) is 10.3. The number of hydrogen-bond donors (Lipinski definition) is 1. The summed E-state index contributed by atoms with van der Waals surface area (Å²) in [4.78, 5) is 25.3.